The van der Waals surface area contributed by atoms with Crippen molar-refractivity contribution in [1.82, 2.24) is 4.90 Å². The summed E-state index contributed by atoms with van der Waals surface area (Å²) in [5.74, 6) is 0. The van der Waals surface area contributed by atoms with Crippen molar-refractivity contribution in [3.05, 3.63) is 11.6 Å². The van der Waals surface area contributed by atoms with E-state index in [1.807, 2.05) is 6.08 Å². The SMILES string of the molecule is CC1(C)CN(C/C=C/Cl)CCO1. The van der Waals surface area contributed by atoms with Gasteiger partial charge in [-0.05, 0) is 13.8 Å². The van der Waals surface area contributed by atoms with Crippen LogP contribution >= 0.6 is 11.6 Å². The van der Waals surface area contributed by atoms with Crippen LogP contribution in [-0.4, -0.2) is 36.7 Å². The second kappa shape index (κ2) is 4.26. The van der Waals surface area contributed by atoms with E-state index in [0.29, 0.717) is 0 Å². The maximum Gasteiger partial charge on any atom is 0.0753 e. The van der Waals surface area contributed by atoms with E-state index >= 15 is 0 Å². The third-order valence-electron chi connectivity index (χ3n) is 1.96. The minimum atomic E-state index is -0.00158. The van der Waals surface area contributed by atoms with Gasteiger partial charge in [0, 0.05) is 25.2 Å². The quantitative estimate of drug-likeness (QED) is 0.658. The van der Waals surface area contributed by atoms with Crippen LogP contribution in [0.1, 0.15) is 13.8 Å². The van der Waals surface area contributed by atoms with E-state index in [9.17, 15) is 0 Å². The number of rotatable bonds is 2. The van der Waals surface area contributed by atoms with E-state index in [1.54, 1.807) is 5.54 Å². The molecule has 1 fully saturated rings. The van der Waals surface area contributed by atoms with Gasteiger partial charge in [-0.1, -0.05) is 17.7 Å². The normalized spacial score (nSPS) is 24.9. The molecule has 0 aromatic carbocycles. The smallest absolute Gasteiger partial charge is 0.0753 e. The molecule has 0 spiro atoms. The minimum absolute atomic E-state index is 0.00158. The van der Waals surface area contributed by atoms with E-state index in [4.69, 9.17) is 16.3 Å². The first-order valence-corrected chi connectivity index (χ1v) is 4.69. The van der Waals surface area contributed by atoms with Crippen LogP contribution in [0.2, 0.25) is 0 Å². The highest BCUT2D eigenvalue weighted by Gasteiger charge is 2.26. The molecule has 1 heterocycles. The maximum absolute atomic E-state index is 5.58. The molecule has 2 nitrogen and oxygen atoms in total. The number of morpholine rings is 1. The van der Waals surface area contributed by atoms with E-state index in [1.165, 1.54) is 0 Å². The van der Waals surface area contributed by atoms with Crippen molar-refractivity contribution < 1.29 is 4.74 Å². The first-order chi connectivity index (χ1) is 5.64. The predicted octanol–water partition coefficient (Wildman–Crippen LogP) is 1.85. The molecule has 0 unspecified atom stereocenters. The number of hydrogen-bond acceptors (Lipinski definition) is 2. The van der Waals surface area contributed by atoms with Crippen LogP contribution < -0.4 is 0 Å². The molecule has 0 aliphatic carbocycles. The van der Waals surface area contributed by atoms with Gasteiger partial charge < -0.3 is 4.74 Å². The second-order valence-electron chi connectivity index (χ2n) is 3.70. The molecule has 1 aliphatic heterocycles. The molecule has 1 saturated heterocycles. The molecule has 1 aliphatic rings. The molecule has 0 N–H and O–H groups in total. The van der Waals surface area contributed by atoms with Gasteiger partial charge >= 0.3 is 0 Å². The molecule has 70 valence electrons. The topological polar surface area (TPSA) is 12.5 Å². The fraction of sp³-hybridized carbons (Fsp3) is 0.778. The molecular formula is C9H16ClNO. The molecule has 0 aromatic heterocycles. The molecule has 0 bridgehead atoms. The first-order valence-electron chi connectivity index (χ1n) is 4.25. The largest absolute Gasteiger partial charge is 0.373 e. The first kappa shape index (κ1) is 10.0. The predicted molar refractivity (Wildman–Crippen MR) is 51.5 cm³/mol. The maximum atomic E-state index is 5.58. The summed E-state index contributed by atoms with van der Waals surface area (Å²) in [4.78, 5) is 2.34. The Bertz CT molecular complexity index is 168. The third kappa shape index (κ3) is 3.13. The number of hydrogen-bond donors (Lipinski definition) is 0. The average molecular weight is 190 g/mol. The van der Waals surface area contributed by atoms with Gasteiger partial charge in [0.15, 0.2) is 0 Å². The summed E-state index contributed by atoms with van der Waals surface area (Å²) in [7, 11) is 0. The van der Waals surface area contributed by atoms with Crippen molar-refractivity contribution in [2.45, 2.75) is 19.4 Å². The Morgan fingerprint density at radius 1 is 1.58 bits per heavy atom. The van der Waals surface area contributed by atoms with Crippen LogP contribution in [0.5, 0.6) is 0 Å². The molecule has 0 aromatic rings. The van der Waals surface area contributed by atoms with Gasteiger partial charge in [-0.2, -0.15) is 0 Å². The van der Waals surface area contributed by atoms with Crippen molar-refractivity contribution in [1.29, 1.82) is 0 Å². The van der Waals surface area contributed by atoms with Gasteiger partial charge in [-0.3, -0.25) is 4.90 Å². The molecule has 0 saturated carbocycles. The van der Waals surface area contributed by atoms with Crippen LogP contribution in [0.3, 0.4) is 0 Å². The summed E-state index contributed by atoms with van der Waals surface area (Å²) in [5.41, 5.74) is 1.57. The van der Waals surface area contributed by atoms with E-state index in [2.05, 4.69) is 18.7 Å². The summed E-state index contributed by atoms with van der Waals surface area (Å²) in [6.07, 6.45) is 1.96. The average Bonchev–Trinajstić information content (AvgIpc) is 1.99. The molecular weight excluding hydrogens is 174 g/mol. The van der Waals surface area contributed by atoms with Gasteiger partial charge in [0.05, 0.1) is 12.2 Å². The standard InChI is InChI=1S/C9H16ClNO/c1-9(2)8-11(5-3-4-10)6-7-12-9/h3-4H,5-8H2,1-2H3/b4-3+. The van der Waals surface area contributed by atoms with Crippen molar-refractivity contribution in [2.75, 3.05) is 26.2 Å². The van der Waals surface area contributed by atoms with Crippen LogP contribution in [-0.2, 0) is 4.74 Å². The fourth-order valence-corrected chi connectivity index (χ4v) is 1.54. The highest BCUT2D eigenvalue weighted by Crippen LogP contribution is 2.15. The van der Waals surface area contributed by atoms with Crippen LogP contribution in [0.15, 0.2) is 11.6 Å². The van der Waals surface area contributed by atoms with Gasteiger partial charge in [-0.25, -0.2) is 0 Å². The summed E-state index contributed by atoms with van der Waals surface area (Å²) in [5, 5.41) is 0. The third-order valence-corrected chi connectivity index (χ3v) is 2.14. The van der Waals surface area contributed by atoms with Gasteiger partial charge in [-0.15, -0.1) is 0 Å². The van der Waals surface area contributed by atoms with E-state index < -0.39 is 0 Å². The Morgan fingerprint density at radius 3 is 2.92 bits per heavy atom. The summed E-state index contributed by atoms with van der Waals surface area (Å²) < 4.78 is 5.58. The lowest BCUT2D eigenvalue weighted by molar-refractivity contribution is -0.0829. The zero-order chi connectivity index (χ0) is 9.03. The molecule has 12 heavy (non-hydrogen) atoms. The van der Waals surface area contributed by atoms with Crippen LogP contribution in [0.4, 0.5) is 0 Å². The van der Waals surface area contributed by atoms with Crippen molar-refractivity contribution in [3.63, 3.8) is 0 Å². The number of nitrogens with zero attached hydrogens (tertiary/aromatic N) is 1. The van der Waals surface area contributed by atoms with Gasteiger partial charge in [0.2, 0.25) is 0 Å². The minimum Gasteiger partial charge on any atom is -0.373 e. The summed E-state index contributed by atoms with van der Waals surface area (Å²) in [6.45, 7) is 7.96. The lowest BCUT2D eigenvalue weighted by atomic mass is 10.1. The number of halogens is 1. The van der Waals surface area contributed by atoms with E-state index in [0.717, 1.165) is 26.2 Å². The molecule has 0 radical (unpaired) electrons. The summed E-state index contributed by atoms with van der Waals surface area (Å²) in [6, 6.07) is 0. The van der Waals surface area contributed by atoms with Gasteiger partial charge in [0.25, 0.3) is 0 Å². The van der Waals surface area contributed by atoms with E-state index in [-0.39, 0.29) is 5.60 Å². The molecule has 0 amide bonds. The Labute approximate surface area is 79.1 Å². The Hall–Kier alpha value is -0.0500. The molecule has 3 heteroatoms. The number of ether oxygens (including phenoxy) is 1. The Morgan fingerprint density at radius 2 is 2.33 bits per heavy atom. The highest BCUT2D eigenvalue weighted by atomic mass is 35.5. The lowest BCUT2D eigenvalue weighted by Gasteiger charge is -2.37. The monoisotopic (exact) mass is 189 g/mol. The van der Waals surface area contributed by atoms with Crippen LogP contribution in [0.25, 0.3) is 0 Å². The molecule has 1 rings (SSSR count). The Kier molecular flexibility index (Phi) is 3.56. The van der Waals surface area contributed by atoms with Crippen molar-refractivity contribution in [2.24, 2.45) is 0 Å². The highest BCUT2D eigenvalue weighted by molar-refractivity contribution is 6.25. The van der Waals surface area contributed by atoms with Gasteiger partial charge in [0.1, 0.15) is 0 Å². The zero-order valence-electron chi connectivity index (χ0n) is 7.72. The Balaban J connectivity index is 2.36. The fourth-order valence-electron chi connectivity index (χ4n) is 1.46. The van der Waals surface area contributed by atoms with Crippen LogP contribution in [0, 0.1) is 0 Å². The molecule has 0 atom stereocenters. The van der Waals surface area contributed by atoms with Crippen molar-refractivity contribution >= 4 is 11.6 Å². The zero-order valence-corrected chi connectivity index (χ0v) is 8.47. The summed E-state index contributed by atoms with van der Waals surface area (Å²) >= 11 is 5.45. The van der Waals surface area contributed by atoms with Crippen molar-refractivity contribution in [3.8, 4) is 0 Å². The lowest BCUT2D eigenvalue weighted by Crippen LogP contribution is -2.48. The second-order valence-corrected chi connectivity index (χ2v) is 3.96.